The maximum Gasteiger partial charge on any atom is 0.180 e. The standard InChI is InChI=1S/C10H18N2O2/c1-8(2)3-9(13)4-11-5-10-6-12-7-14-10/h6-9,11,13H,3-5H2,1-2H3. The number of rotatable bonds is 6. The fraction of sp³-hybridized carbons (Fsp3) is 0.700. The molecule has 0 spiro atoms. The first-order valence-corrected chi connectivity index (χ1v) is 4.94. The van der Waals surface area contributed by atoms with Gasteiger partial charge in [-0.1, -0.05) is 13.8 Å². The van der Waals surface area contributed by atoms with Gasteiger partial charge in [-0.15, -0.1) is 0 Å². The molecule has 80 valence electrons. The third-order valence-electron chi connectivity index (χ3n) is 1.91. The van der Waals surface area contributed by atoms with E-state index in [1.54, 1.807) is 6.20 Å². The van der Waals surface area contributed by atoms with Crippen LogP contribution >= 0.6 is 0 Å². The van der Waals surface area contributed by atoms with E-state index in [1.807, 2.05) is 0 Å². The third-order valence-corrected chi connectivity index (χ3v) is 1.91. The highest BCUT2D eigenvalue weighted by Crippen LogP contribution is 2.03. The molecule has 0 aliphatic carbocycles. The molecule has 0 aromatic carbocycles. The summed E-state index contributed by atoms with van der Waals surface area (Å²) in [4.78, 5) is 3.80. The predicted octanol–water partition coefficient (Wildman–Crippen LogP) is 1.17. The molecule has 0 aliphatic rings. The van der Waals surface area contributed by atoms with E-state index in [9.17, 15) is 5.11 Å². The molecule has 1 atom stereocenters. The highest BCUT2D eigenvalue weighted by Gasteiger charge is 2.06. The second-order valence-corrected chi connectivity index (χ2v) is 3.88. The van der Waals surface area contributed by atoms with E-state index in [0.717, 1.165) is 12.2 Å². The van der Waals surface area contributed by atoms with Crippen LogP contribution in [0.25, 0.3) is 0 Å². The van der Waals surface area contributed by atoms with E-state index < -0.39 is 0 Å². The van der Waals surface area contributed by atoms with Crippen LogP contribution in [0.3, 0.4) is 0 Å². The first kappa shape index (κ1) is 11.2. The SMILES string of the molecule is CC(C)CC(O)CNCc1cnco1. The van der Waals surface area contributed by atoms with Crippen LogP contribution in [0, 0.1) is 5.92 Å². The zero-order chi connectivity index (χ0) is 10.4. The van der Waals surface area contributed by atoms with Crippen molar-refractivity contribution in [1.29, 1.82) is 0 Å². The fourth-order valence-electron chi connectivity index (χ4n) is 1.32. The molecule has 0 aliphatic heterocycles. The predicted molar refractivity (Wildman–Crippen MR) is 53.7 cm³/mol. The summed E-state index contributed by atoms with van der Waals surface area (Å²) in [7, 11) is 0. The maximum absolute atomic E-state index is 9.54. The van der Waals surface area contributed by atoms with E-state index in [1.165, 1.54) is 6.39 Å². The second-order valence-electron chi connectivity index (χ2n) is 3.88. The van der Waals surface area contributed by atoms with Crippen LogP contribution in [0.4, 0.5) is 0 Å². The molecule has 4 nitrogen and oxygen atoms in total. The van der Waals surface area contributed by atoms with Crippen molar-refractivity contribution in [3.63, 3.8) is 0 Å². The van der Waals surface area contributed by atoms with Crippen LogP contribution < -0.4 is 5.32 Å². The summed E-state index contributed by atoms with van der Waals surface area (Å²) in [5.74, 6) is 1.32. The van der Waals surface area contributed by atoms with Crippen molar-refractivity contribution in [3.05, 3.63) is 18.4 Å². The zero-order valence-electron chi connectivity index (χ0n) is 8.73. The number of hydrogen-bond donors (Lipinski definition) is 2. The largest absolute Gasteiger partial charge is 0.447 e. The van der Waals surface area contributed by atoms with Gasteiger partial charge in [-0.2, -0.15) is 0 Å². The Hall–Kier alpha value is -0.870. The molecule has 1 aromatic rings. The van der Waals surface area contributed by atoms with Gasteiger partial charge in [-0.25, -0.2) is 4.98 Å². The third kappa shape index (κ3) is 4.39. The lowest BCUT2D eigenvalue weighted by Gasteiger charge is -2.12. The van der Waals surface area contributed by atoms with Crippen LogP contribution in [0.1, 0.15) is 26.0 Å². The molecular weight excluding hydrogens is 180 g/mol. The summed E-state index contributed by atoms with van der Waals surface area (Å²) in [6, 6.07) is 0. The van der Waals surface area contributed by atoms with Crippen LogP contribution in [0.15, 0.2) is 17.0 Å². The molecule has 1 aromatic heterocycles. The van der Waals surface area contributed by atoms with Crippen molar-refractivity contribution >= 4 is 0 Å². The van der Waals surface area contributed by atoms with Crippen molar-refractivity contribution in [3.8, 4) is 0 Å². The van der Waals surface area contributed by atoms with Gasteiger partial charge in [-0.3, -0.25) is 0 Å². The van der Waals surface area contributed by atoms with Crippen molar-refractivity contribution in [2.24, 2.45) is 5.92 Å². The van der Waals surface area contributed by atoms with Gasteiger partial charge in [0.1, 0.15) is 5.76 Å². The Labute approximate surface area is 84.3 Å². The molecule has 0 radical (unpaired) electrons. The molecule has 1 heterocycles. The number of aromatic nitrogens is 1. The van der Waals surface area contributed by atoms with E-state index in [-0.39, 0.29) is 6.10 Å². The average Bonchev–Trinajstić information content (AvgIpc) is 2.55. The molecule has 2 N–H and O–H groups in total. The molecule has 0 saturated carbocycles. The molecule has 0 fully saturated rings. The van der Waals surface area contributed by atoms with E-state index in [0.29, 0.717) is 19.0 Å². The summed E-state index contributed by atoms with van der Waals surface area (Å²) in [5.41, 5.74) is 0. The Kier molecular flexibility index (Phi) is 4.62. The van der Waals surface area contributed by atoms with Crippen LogP contribution in [0.2, 0.25) is 0 Å². The highest BCUT2D eigenvalue weighted by atomic mass is 16.3. The molecule has 14 heavy (non-hydrogen) atoms. The van der Waals surface area contributed by atoms with Gasteiger partial charge in [0, 0.05) is 6.54 Å². The normalized spacial score (nSPS) is 13.4. The summed E-state index contributed by atoms with van der Waals surface area (Å²) in [6.07, 6.45) is 3.62. The Bertz CT molecular complexity index is 234. The molecular formula is C10H18N2O2. The fourth-order valence-corrected chi connectivity index (χ4v) is 1.32. The molecule has 1 unspecified atom stereocenters. The quantitative estimate of drug-likeness (QED) is 0.720. The van der Waals surface area contributed by atoms with Crippen LogP contribution in [0.5, 0.6) is 0 Å². The molecule has 0 saturated heterocycles. The topological polar surface area (TPSA) is 58.3 Å². The maximum atomic E-state index is 9.54. The Balaban J connectivity index is 2.09. The first-order valence-electron chi connectivity index (χ1n) is 4.94. The van der Waals surface area contributed by atoms with Gasteiger partial charge in [0.25, 0.3) is 0 Å². The van der Waals surface area contributed by atoms with Gasteiger partial charge in [0.15, 0.2) is 6.39 Å². The number of aliphatic hydroxyl groups excluding tert-OH is 1. The van der Waals surface area contributed by atoms with Crippen molar-refractivity contribution in [2.75, 3.05) is 6.54 Å². The van der Waals surface area contributed by atoms with Gasteiger partial charge in [0.2, 0.25) is 0 Å². The summed E-state index contributed by atoms with van der Waals surface area (Å²) in [5, 5.41) is 12.6. The first-order chi connectivity index (χ1) is 6.68. The van der Waals surface area contributed by atoms with Gasteiger partial charge in [-0.05, 0) is 12.3 Å². The number of hydrogen-bond acceptors (Lipinski definition) is 4. The van der Waals surface area contributed by atoms with E-state index >= 15 is 0 Å². The molecule has 4 heteroatoms. The minimum atomic E-state index is -0.280. The Morgan fingerprint density at radius 3 is 2.93 bits per heavy atom. The van der Waals surface area contributed by atoms with Crippen LogP contribution in [-0.4, -0.2) is 22.7 Å². The Morgan fingerprint density at radius 1 is 1.57 bits per heavy atom. The van der Waals surface area contributed by atoms with Gasteiger partial charge < -0.3 is 14.8 Å². The number of aliphatic hydroxyl groups is 1. The molecule has 1 rings (SSSR count). The molecule has 0 amide bonds. The monoisotopic (exact) mass is 198 g/mol. The smallest absolute Gasteiger partial charge is 0.180 e. The minimum Gasteiger partial charge on any atom is -0.447 e. The average molecular weight is 198 g/mol. The van der Waals surface area contributed by atoms with Crippen molar-refractivity contribution in [1.82, 2.24) is 10.3 Å². The van der Waals surface area contributed by atoms with Crippen LogP contribution in [-0.2, 0) is 6.54 Å². The van der Waals surface area contributed by atoms with Gasteiger partial charge in [0.05, 0.1) is 18.8 Å². The van der Waals surface area contributed by atoms with Crippen molar-refractivity contribution < 1.29 is 9.52 Å². The summed E-state index contributed by atoms with van der Waals surface area (Å²) >= 11 is 0. The highest BCUT2D eigenvalue weighted by molar-refractivity contribution is 4.87. The van der Waals surface area contributed by atoms with E-state index in [2.05, 4.69) is 24.1 Å². The minimum absolute atomic E-state index is 0.280. The lowest BCUT2D eigenvalue weighted by atomic mass is 10.1. The van der Waals surface area contributed by atoms with Crippen molar-refractivity contribution in [2.45, 2.75) is 32.9 Å². The number of oxazole rings is 1. The summed E-state index contributed by atoms with van der Waals surface area (Å²) < 4.78 is 5.04. The number of nitrogens with one attached hydrogen (secondary N) is 1. The lowest BCUT2D eigenvalue weighted by molar-refractivity contribution is 0.145. The van der Waals surface area contributed by atoms with E-state index in [4.69, 9.17) is 4.42 Å². The lowest BCUT2D eigenvalue weighted by Crippen LogP contribution is -2.27. The Morgan fingerprint density at radius 2 is 2.36 bits per heavy atom. The van der Waals surface area contributed by atoms with Gasteiger partial charge >= 0.3 is 0 Å². The number of nitrogens with zero attached hydrogens (tertiary/aromatic N) is 1. The molecule has 0 bridgehead atoms. The zero-order valence-corrected chi connectivity index (χ0v) is 8.73. The second kappa shape index (κ2) is 5.78. The summed E-state index contributed by atoms with van der Waals surface area (Å²) in [6.45, 7) is 5.41.